The Morgan fingerprint density at radius 3 is 2.24 bits per heavy atom. The smallest absolute Gasteiger partial charge is 0.0512 e. The summed E-state index contributed by atoms with van der Waals surface area (Å²) in [5.74, 6) is 5.82. The molecular formula is C17H20Br2N2. The van der Waals surface area contributed by atoms with E-state index in [1.165, 1.54) is 22.3 Å². The van der Waals surface area contributed by atoms with Crippen molar-refractivity contribution in [3.63, 3.8) is 0 Å². The van der Waals surface area contributed by atoms with E-state index < -0.39 is 0 Å². The lowest BCUT2D eigenvalue weighted by Gasteiger charge is -2.21. The lowest BCUT2D eigenvalue weighted by molar-refractivity contribution is 0.547. The highest BCUT2D eigenvalue weighted by molar-refractivity contribution is 9.11. The Morgan fingerprint density at radius 1 is 1.05 bits per heavy atom. The van der Waals surface area contributed by atoms with E-state index in [0.29, 0.717) is 0 Å². The van der Waals surface area contributed by atoms with Crippen molar-refractivity contribution in [3.8, 4) is 0 Å². The molecule has 0 aliphatic carbocycles. The maximum atomic E-state index is 5.82. The van der Waals surface area contributed by atoms with Gasteiger partial charge in [-0.05, 0) is 67.6 Å². The molecule has 21 heavy (non-hydrogen) atoms. The summed E-state index contributed by atoms with van der Waals surface area (Å²) in [6.45, 7) is 6.46. The third kappa shape index (κ3) is 3.95. The van der Waals surface area contributed by atoms with Crippen molar-refractivity contribution in [2.45, 2.75) is 33.2 Å². The molecule has 0 bridgehead atoms. The van der Waals surface area contributed by atoms with Crippen molar-refractivity contribution in [3.05, 3.63) is 67.1 Å². The normalized spacial score (nSPS) is 12.5. The molecule has 0 fully saturated rings. The molecule has 2 nitrogen and oxygen atoms in total. The van der Waals surface area contributed by atoms with Gasteiger partial charge in [0.1, 0.15) is 0 Å². The van der Waals surface area contributed by atoms with Crippen LogP contribution in [0.3, 0.4) is 0 Å². The van der Waals surface area contributed by atoms with Gasteiger partial charge in [0.25, 0.3) is 0 Å². The van der Waals surface area contributed by atoms with Gasteiger partial charge in [0.05, 0.1) is 6.04 Å². The van der Waals surface area contributed by atoms with Gasteiger partial charge in [0, 0.05) is 8.95 Å². The number of aryl methyl sites for hydroxylation is 3. The number of rotatable bonds is 4. The summed E-state index contributed by atoms with van der Waals surface area (Å²) < 4.78 is 2.12. The molecule has 0 spiro atoms. The molecule has 0 aliphatic rings. The molecule has 0 saturated heterocycles. The van der Waals surface area contributed by atoms with E-state index >= 15 is 0 Å². The number of hydrogen-bond acceptors (Lipinski definition) is 2. The van der Waals surface area contributed by atoms with Crippen molar-refractivity contribution in [1.82, 2.24) is 5.43 Å². The predicted molar refractivity (Wildman–Crippen MR) is 96.3 cm³/mol. The Morgan fingerprint density at radius 2 is 1.67 bits per heavy atom. The van der Waals surface area contributed by atoms with Gasteiger partial charge in [-0.3, -0.25) is 11.3 Å². The van der Waals surface area contributed by atoms with E-state index in [1.54, 1.807) is 0 Å². The fourth-order valence-corrected chi connectivity index (χ4v) is 3.68. The maximum absolute atomic E-state index is 5.82. The van der Waals surface area contributed by atoms with Crippen LogP contribution in [0.25, 0.3) is 0 Å². The van der Waals surface area contributed by atoms with Crippen LogP contribution >= 0.6 is 31.9 Å². The molecular weight excluding hydrogens is 392 g/mol. The van der Waals surface area contributed by atoms with Gasteiger partial charge in [0.15, 0.2) is 0 Å². The average Bonchev–Trinajstić information content (AvgIpc) is 2.41. The van der Waals surface area contributed by atoms with Crippen molar-refractivity contribution >= 4 is 31.9 Å². The van der Waals surface area contributed by atoms with Crippen molar-refractivity contribution in [2.24, 2.45) is 5.84 Å². The number of nitrogens with one attached hydrogen (secondary N) is 1. The Balaban J connectivity index is 2.38. The van der Waals surface area contributed by atoms with E-state index in [-0.39, 0.29) is 6.04 Å². The highest BCUT2D eigenvalue weighted by Gasteiger charge is 2.16. The minimum absolute atomic E-state index is 0.0666. The highest BCUT2D eigenvalue weighted by Crippen LogP contribution is 2.30. The molecule has 4 heteroatoms. The summed E-state index contributed by atoms with van der Waals surface area (Å²) in [6, 6.07) is 10.7. The van der Waals surface area contributed by atoms with E-state index in [1.807, 2.05) is 12.1 Å². The second kappa shape index (κ2) is 7.05. The van der Waals surface area contributed by atoms with Gasteiger partial charge >= 0.3 is 0 Å². The van der Waals surface area contributed by atoms with Gasteiger partial charge in [-0.25, -0.2) is 0 Å². The first kappa shape index (κ1) is 16.7. The fraction of sp³-hybridized carbons (Fsp3) is 0.294. The number of halogens is 2. The topological polar surface area (TPSA) is 38.0 Å². The van der Waals surface area contributed by atoms with Crippen molar-refractivity contribution in [2.75, 3.05) is 0 Å². The first-order chi connectivity index (χ1) is 9.92. The van der Waals surface area contributed by atoms with Crippen LogP contribution in [-0.4, -0.2) is 0 Å². The van der Waals surface area contributed by atoms with Crippen LogP contribution in [0.1, 0.15) is 33.9 Å². The number of hydrogen-bond donors (Lipinski definition) is 2. The highest BCUT2D eigenvalue weighted by atomic mass is 79.9. The maximum Gasteiger partial charge on any atom is 0.0512 e. The lowest BCUT2D eigenvalue weighted by atomic mass is 9.92. The molecule has 3 N–H and O–H groups in total. The summed E-state index contributed by atoms with van der Waals surface area (Å²) in [7, 11) is 0. The molecule has 0 aromatic heterocycles. The average molecular weight is 412 g/mol. The first-order valence-electron chi connectivity index (χ1n) is 6.90. The number of hydrazine groups is 1. The third-order valence-corrected chi connectivity index (χ3v) is 5.00. The Bertz CT molecular complexity index is 630. The van der Waals surface area contributed by atoms with Gasteiger partial charge in [-0.1, -0.05) is 49.6 Å². The molecule has 2 aromatic carbocycles. The summed E-state index contributed by atoms with van der Waals surface area (Å²) in [5.41, 5.74) is 9.41. The molecule has 0 radical (unpaired) electrons. The third-order valence-electron chi connectivity index (χ3n) is 3.78. The zero-order chi connectivity index (χ0) is 15.6. The quantitative estimate of drug-likeness (QED) is 0.555. The zero-order valence-electron chi connectivity index (χ0n) is 12.5. The standard InChI is InChI=1S/C17H20Br2N2/c1-10-6-11(2)14(12(3)7-10)9-17(21-20)15-8-13(18)4-5-16(15)19/h4-8,17,21H,9,20H2,1-3H3. The van der Waals surface area contributed by atoms with Crippen LogP contribution in [0.15, 0.2) is 39.3 Å². The van der Waals surface area contributed by atoms with Crippen molar-refractivity contribution < 1.29 is 0 Å². The van der Waals surface area contributed by atoms with E-state index in [2.05, 4.69) is 76.3 Å². The van der Waals surface area contributed by atoms with Crippen LogP contribution < -0.4 is 11.3 Å². The van der Waals surface area contributed by atoms with Crippen LogP contribution in [0.5, 0.6) is 0 Å². The summed E-state index contributed by atoms with van der Waals surface area (Å²) >= 11 is 7.15. The van der Waals surface area contributed by atoms with E-state index in [9.17, 15) is 0 Å². The minimum Gasteiger partial charge on any atom is -0.271 e. The molecule has 1 unspecified atom stereocenters. The van der Waals surface area contributed by atoms with Crippen LogP contribution in [0.2, 0.25) is 0 Å². The Labute approximate surface area is 143 Å². The molecule has 1 atom stereocenters. The van der Waals surface area contributed by atoms with Crippen LogP contribution in [0.4, 0.5) is 0 Å². The Kier molecular flexibility index (Phi) is 5.60. The van der Waals surface area contributed by atoms with E-state index in [0.717, 1.165) is 20.9 Å². The summed E-state index contributed by atoms with van der Waals surface area (Å²) in [5, 5.41) is 0. The summed E-state index contributed by atoms with van der Waals surface area (Å²) in [6.07, 6.45) is 0.865. The van der Waals surface area contributed by atoms with Crippen LogP contribution in [0, 0.1) is 20.8 Å². The zero-order valence-corrected chi connectivity index (χ0v) is 15.7. The van der Waals surface area contributed by atoms with E-state index in [4.69, 9.17) is 5.84 Å². The molecule has 112 valence electrons. The molecule has 2 aromatic rings. The predicted octanol–water partition coefficient (Wildman–Crippen LogP) is 4.88. The largest absolute Gasteiger partial charge is 0.271 e. The minimum atomic E-state index is 0.0666. The van der Waals surface area contributed by atoms with Crippen molar-refractivity contribution in [1.29, 1.82) is 0 Å². The second-order valence-corrected chi connectivity index (χ2v) is 7.24. The molecule has 0 heterocycles. The number of benzene rings is 2. The van der Waals surface area contributed by atoms with Gasteiger partial charge in [-0.2, -0.15) is 0 Å². The molecule has 0 aliphatic heterocycles. The first-order valence-corrected chi connectivity index (χ1v) is 8.48. The molecule has 2 rings (SSSR count). The second-order valence-electron chi connectivity index (χ2n) is 5.47. The fourth-order valence-electron chi connectivity index (χ4n) is 2.78. The molecule has 0 saturated carbocycles. The van der Waals surface area contributed by atoms with Crippen LogP contribution in [-0.2, 0) is 6.42 Å². The Hall–Kier alpha value is -0.680. The summed E-state index contributed by atoms with van der Waals surface area (Å²) in [4.78, 5) is 0. The van der Waals surface area contributed by atoms with Gasteiger partial charge in [0.2, 0.25) is 0 Å². The van der Waals surface area contributed by atoms with Gasteiger partial charge < -0.3 is 0 Å². The monoisotopic (exact) mass is 410 g/mol. The SMILES string of the molecule is Cc1cc(C)c(CC(NN)c2cc(Br)ccc2Br)c(C)c1. The lowest BCUT2D eigenvalue weighted by Crippen LogP contribution is -2.30. The number of nitrogens with two attached hydrogens (primary N) is 1. The molecule has 0 amide bonds. The van der Waals surface area contributed by atoms with Gasteiger partial charge in [-0.15, -0.1) is 0 Å².